The van der Waals surface area contributed by atoms with Crippen LogP contribution in [0.1, 0.15) is 30.1 Å². The first-order valence-corrected chi connectivity index (χ1v) is 6.52. The van der Waals surface area contributed by atoms with Gasteiger partial charge in [0.15, 0.2) is 6.61 Å². The van der Waals surface area contributed by atoms with Crippen LogP contribution < -0.4 is 10.1 Å². The zero-order chi connectivity index (χ0) is 15.7. The van der Waals surface area contributed by atoms with E-state index in [0.717, 1.165) is 12.8 Å². The van der Waals surface area contributed by atoms with Gasteiger partial charge in [0.05, 0.1) is 0 Å². The van der Waals surface area contributed by atoms with E-state index in [2.05, 4.69) is 10.1 Å². The zero-order valence-corrected chi connectivity index (χ0v) is 11.6. The molecule has 0 bridgehead atoms. The number of benzene rings is 1. The first-order chi connectivity index (χ1) is 10.0. The Hall–Kier alpha value is -2.18. The lowest BCUT2D eigenvalue weighted by molar-refractivity contribution is -0.124. The third kappa shape index (κ3) is 6.20. The lowest BCUT2D eigenvalue weighted by Gasteiger charge is -2.10. The van der Waals surface area contributed by atoms with Crippen LogP contribution in [-0.4, -0.2) is 31.6 Å². The van der Waals surface area contributed by atoms with Crippen molar-refractivity contribution in [2.24, 2.45) is 0 Å². The number of carbonyl (C=O) groups is 2. The number of carbonyl (C=O) groups excluding carboxylic acids is 2. The predicted octanol–water partition coefficient (Wildman–Crippen LogP) is 2.36. The van der Waals surface area contributed by atoms with Gasteiger partial charge in [-0.1, -0.05) is 25.5 Å². The molecule has 5 nitrogen and oxygen atoms in total. The van der Waals surface area contributed by atoms with Gasteiger partial charge >= 0.3 is 12.6 Å². The molecule has 116 valence electrons. The van der Waals surface area contributed by atoms with Crippen LogP contribution in [0.5, 0.6) is 5.75 Å². The van der Waals surface area contributed by atoms with Gasteiger partial charge in [-0.2, -0.15) is 8.78 Å². The number of rotatable bonds is 8. The minimum atomic E-state index is -3.05. The van der Waals surface area contributed by atoms with Gasteiger partial charge in [-0.05, 0) is 18.6 Å². The van der Waals surface area contributed by atoms with E-state index >= 15 is 0 Å². The Morgan fingerprint density at radius 3 is 2.67 bits per heavy atom. The Bertz CT molecular complexity index is 480. The number of amides is 1. The van der Waals surface area contributed by atoms with Crippen LogP contribution in [-0.2, 0) is 9.53 Å². The predicted molar refractivity (Wildman–Crippen MR) is 71.3 cm³/mol. The summed E-state index contributed by atoms with van der Waals surface area (Å²) in [5.74, 6) is -1.62. The highest BCUT2D eigenvalue weighted by Crippen LogP contribution is 2.20. The number of hydrogen-bond donors (Lipinski definition) is 1. The highest BCUT2D eigenvalue weighted by atomic mass is 19.3. The van der Waals surface area contributed by atoms with Crippen LogP contribution in [0, 0.1) is 0 Å². The lowest BCUT2D eigenvalue weighted by Crippen LogP contribution is -2.29. The summed E-state index contributed by atoms with van der Waals surface area (Å²) in [5, 5.41) is 2.57. The maximum absolute atomic E-state index is 12.2. The molecule has 0 unspecified atom stereocenters. The van der Waals surface area contributed by atoms with Crippen molar-refractivity contribution in [3.05, 3.63) is 29.8 Å². The van der Waals surface area contributed by atoms with Gasteiger partial charge < -0.3 is 14.8 Å². The third-order valence-corrected chi connectivity index (χ3v) is 2.51. The molecular weight excluding hydrogens is 284 g/mol. The van der Waals surface area contributed by atoms with Crippen LogP contribution in [0.2, 0.25) is 0 Å². The topological polar surface area (TPSA) is 64.6 Å². The van der Waals surface area contributed by atoms with Crippen LogP contribution in [0.3, 0.4) is 0 Å². The van der Waals surface area contributed by atoms with Crippen molar-refractivity contribution >= 4 is 11.9 Å². The van der Waals surface area contributed by atoms with Crippen molar-refractivity contribution in [3.63, 3.8) is 0 Å². The summed E-state index contributed by atoms with van der Waals surface area (Å²) in [5.41, 5.74) is -0.154. The number of alkyl halides is 2. The molecule has 0 aliphatic heterocycles. The monoisotopic (exact) mass is 301 g/mol. The average molecular weight is 301 g/mol. The fourth-order valence-electron chi connectivity index (χ4n) is 1.50. The van der Waals surface area contributed by atoms with Gasteiger partial charge in [-0.3, -0.25) is 4.79 Å². The molecule has 0 radical (unpaired) electrons. The number of hydrogen-bond acceptors (Lipinski definition) is 4. The second-order valence-electron chi connectivity index (χ2n) is 4.15. The van der Waals surface area contributed by atoms with E-state index in [1.165, 1.54) is 24.3 Å². The van der Waals surface area contributed by atoms with Gasteiger partial charge in [0.2, 0.25) is 0 Å². The number of unbranched alkanes of at least 4 members (excludes halogenated alkanes) is 1. The summed E-state index contributed by atoms with van der Waals surface area (Å²) in [4.78, 5) is 23.1. The molecule has 0 saturated heterocycles. The molecule has 21 heavy (non-hydrogen) atoms. The van der Waals surface area contributed by atoms with E-state index < -0.39 is 25.1 Å². The number of ether oxygens (including phenoxy) is 2. The van der Waals surface area contributed by atoms with Crippen molar-refractivity contribution < 1.29 is 27.8 Å². The molecule has 1 N–H and O–H groups in total. The summed E-state index contributed by atoms with van der Waals surface area (Å²) in [6.07, 6.45) is 1.75. The summed E-state index contributed by atoms with van der Waals surface area (Å²) >= 11 is 0. The molecular formula is C14H17F2NO4. The first-order valence-electron chi connectivity index (χ1n) is 6.52. The molecule has 0 fully saturated rings. The molecule has 0 saturated carbocycles. The molecule has 1 aromatic carbocycles. The number of halogens is 2. The normalized spacial score (nSPS) is 10.3. The lowest BCUT2D eigenvalue weighted by atomic mass is 10.2. The molecule has 0 heterocycles. The molecule has 1 amide bonds. The second kappa shape index (κ2) is 8.89. The van der Waals surface area contributed by atoms with E-state index in [-0.39, 0.29) is 11.3 Å². The van der Waals surface area contributed by atoms with Gasteiger partial charge in [-0.15, -0.1) is 0 Å². The number of esters is 1. The number of para-hydroxylation sites is 1. The van der Waals surface area contributed by atoms with Gasteiger partial charge in [0.1, 0.15) is 11.3 Å². The Labute approximate surface area is 121 Å². The Morgan fingerprint density at radius 2 is 2.00 bits per heavy atom. The highest BCUT2D eigenvalue weighted by Gasteiger charge is 2.17. The Balaban J connectivity index is 2.54. The first kappa shape index (κ1) is 16.9. The summed E-state index contributed by atoms with van der Waals surface area (Å²) in [6.45, 7) is -1.04. The van der Waals surface area contributed by atoms with Crippen molar-refractivity contribution in [1.29, 1.82) is 0 Å². The van der Waals surface area contributed by atoms with Crippen LogP contribution in [0.15, 0.2) is 24.3 Å². The number of nitrogens with one attached hydrogen (secondary N) is 1. The zero-order valence-electron chi connectivity index (χ0n) is 11.6. The molecule has 0 aliphatic carbocycles. The molecule has 0 aliphatic rings. The Morgan fingerprint density at radius 1 is 1.29 bits per heavy atom. The van der Waals surface area contributed by atoms with Gasteiger partial charge in [0.25, 0.3) is 5.91 Å². The van der Waals surface area contributed by atoms with Crippen molar-refractivity contribution in [2.45, 2.75) is 26.4 Å². The molecule has 0 atom stereocenters. The quantitative estimate of drug-likeness (QED) is 0.591. The SMILES string of the molecule is CCCCNC(=O)COC(=O)c1ccccc1OC(F)F. The highest BCUT2D eigenvalue weighted by molar-refractivity contribution is 5.93. The third-order valence-electron chi connectivity index (χ3n) is 2.51. The van der Waals surface area contributed by atoms with Crippen molar-refractivity contribution in [1.82, 2.24) is 5.32 Å². The largest absolute Gasteiger partial charge is 0.452 e. The average Bonchev–Trinajstić information content (AvgIpc) is 2.45. The summed E-state index contributed by atoms with van der Waals surface area (Å²) in [6, 6.07) is 5.45. The van der Waals surface area contributed by atoms with E-state index in [9.17, 15) is 18.4 Å². The molecule has 7 heteroatoms. The van der Waals surface area contributed by atoms with Crippen LogP contribution >= 0.6 is 0 Å². The van der Waals surface area contributed by atoms with E-state index in [4.69, 9.17) is 4.74 Å². The standard InChI is InChI=1S/C14H17F2NO4/c1-2-3-8-17-12(18)9-20-13(19)10-6-4-5-7-11(10)21-14(15)16/h4-7,14H,2-3,8-9H2,1H3,(H,17,18). The smallest absolute Gasteiger partial charge is 0.387 e. The van der Waals surface area contributed by atoms with Gasteiger partial charge in [-0.25, -0.2) is 4.79 Å². The van der Waals surface area contributed by atoms with E-state index in [1.807, 2.05) is 6.92 Å². The second-order valence-corrected chi connectivity index (χ2v) is 4.15. The molecule has 0 spiro atoms. The Kier molecular flexibility index (Phi) is 7.14. The van der Waals surface area contributed by atoms with Crippen LogP contribution in [0.4, 0.5) is 8.78 Å². The minimum absolute atomic E-state index is 0.154. The van der Waals surface area contributed by atoms with E-state index in [0.29, 0.717) is 6.54 Å². The summed E-state index contributed by atoms with van der Waals surface area (Å²) in [7, 11) is 0. The fraction of sp³-hybridized carbons (Fsp3) is 0.429. The molecule has 0 aromatic heterocycles. The fourth-order valence-corrected chi connectivity index (χ4v) is 1.50. The maximum atomic E-state index is 12.2. The van der Waals surface area contributed by atoms with Crippen molar-refractivity contribution in [2.75, 3.05) is 13.2 Å². The van der Waals surface area contributed by atoms with Gasteiger partial charge in [0, 0.05) is 6.54 Å². The van der Waals surface area contributed by atoms with Crippen LogP contribution in [0.25, 0.3) is 0 Å². The van der Waals surface area contributed by atoms with Crippen molar-refractivity contribution in [3.8, 4) is 5.75 Å². The molecule has 1 rings (SSSR count). The van der Waals surface area contributed by atoms with E-state index in [1.54, 1.807) is 0 Å². The summed E-state index contributed by atoms with van der Waals surface area (Å²) < 4.78 is 33.4. The minimum Gasteiger partial charge on any atom is -0.452 e. The molecule has 1 aromatic rings. The maximum Gasteiger partial charge on any atom is 0.387 e.